The Hall–Kier alpha value is -2.17. The number of amides is 1. The Labute approximate surface area is 117 Å². The van der Waals surface area contributed by atoms with Crippen LogP contribution in [0.4, 0.5) is 4.39 Å². The number of nitrogens with one attached hydrogen (secondary N) is 1. The topological polar surface area (TPSA) is 66.4 Å². The molecule has 0 aromatic heterocycles. The van der Waals surface area contributed by atoms with Crippen LogP contribution < -0.4 is 5.32 Å². The maximum Gasteiger partial charge on any atom is 0.326 e. The van der Waals surface area contributed by atoms with Crippen LogP contribution in [0.25, 0.3) is 6.08 Å². The zero-order valence-electron chi connectivity index (χ0n) is 11.5. The summed E-state index contributed by atoms with van der Waals surface area (Å²) in [5.41, 5.74) is 0.664. The van der Waals surface area contributed by atoms with Crippen molar-refractivity contribution >= 4 is 18.0 Å². The SMILES string of the molecule is CCC(C)[C@H](NC(=O)/C=C/c1ccc(F)cc1)C(=O)O. The van der Waals surface area contributed by atoms with E-state index in [9.17, 15) is 14.0 Å². The lowest BCUT2D eigenvalue weighted by Crippen LogP contribution is -2.44. The van der Waals surface area contributed by atoms with E-state index in [0.717, 1.165) is 0 Å². The van der Waals surface area contributed by atoms with E-state index in [-0.39, 0.29) is 11.7 Å². The van der Waals surface area contributed by atoms with Gasteiger partial charge in [0, 0.05) is 6.08 Å². The standard InChI is InChI=1S/C15H18FNO3/c1-3-10(2)14(15(19)20)17-13(18)9-6-11-4-7-12(16)8-5-11/h4-10,14H,3H2,1-2H3,(H,17,18)(H,19,20)/b9-6+/t10?,14-/m0/s1. The summed E-state index contributed by atoms with van der Waals surface area (Å²) < 4.78 is 12.7. The second kappa shape index (κ2) is 7.43. The molecule has 1 amide bonds. The van der Waals surface area contributed by atoms with E-state index in [1.165, 1.54) is 36.4 Å². The quantitative estimate of drug-likeness (QED) is 0.786. The zero-order chi connectivity index (χ0) is 15.1. The molecule has 2 N–H and O–H groups in total. The second-order valence-corrected chi connectivity index (χ2v) is 4.59. The molecule has 2 atom stereocenters. The minimum absolute atomic E-state index is 0.157. The van der Waals surface area contributed by atoms with Crippen molar-refractivity contribution in [3.8, 4) is 0 Å². The van der Waals surface area contributed by atoms with E-state index in [1.807, 2.05) is 6.92 Å². The Balaban J connectivity index is 2.66. The average Bonchev–Trinajstić information content (AvgIpc) is 2.43. The van der Waals surface area contributed by atoms with Crippen molar-refractivity contribution < 1.29 is 19.1 Å². The first-order valence-corrected chi connectivity index (χ1v) is 6.41. The van der Waals surface area contributed by atoms with E-state index in [0.29, 0.717) is 12.0 Å². The first-order chi connectivity index (χ1) is 9.43. The fraction of sp³-hybridized carbons (Fsp3) is 0.333. The van der Waals surface area contributed by atoms with Crippen LogP contribution in [-0.4, -0.2) is 23.0 Å². The van der Waals surface area contributed by atoms with Crippen molar-refractivity contribution in [2.75, 3.05) is 0 Å². The van der Waals surface area contributed by atoms with Crippen LogP contribution in [0.1, 0.15) is 25.8 Å². The summed E-state index contributed by atoms with van der Waals surface area (Å²) >= 11 is 0. The third-order valence-electron chi connectivity index (χ3n) is 3.07. The lowest BCUT2D eigenvalue weighted by Gasteiger charge is -2.19. The molecule has 0 saturated carbocycles. The van der Waals surface area contributed by atoms with Gasteiger partial charge in [0.1, 0.15) is 11.9 Å². The number of hydrogen-bond donors (Lipinski definition) is 2. The first-order valence-electron chi connectivity index (χ1n) is 6.41. The van der Waals surface area contributed by atoms with Gasteiger partial charge in [-0.05, 0) is 29.7 Å². The summed E-state index contributed by atoms with van der Waals surface area (Å²) in [4.78, 5) is 22.7. The molecule has 0 radical (unpaired) electrons. The minimum atomic E-state index is -1.05. The molecule has 1 unspecified atom stereocenters. The molecular weight excluding hydrogens is 261 g/mol. The summed E-state index contributed by atoms with van der Waals surface area (Å²) in [5, 5.41) is 11.5. The third-order valence-corrected chi connectivity index (χ3v) is 3.07. The Bertz CT molecular complexity index is 496. The van der Waals surface area contributed by atoms with E-state index in [4.69, 9.17) is 5.11 Å². The summed E-state index contributed by atoms with van der Waals surface area (Å²) in [7, 11) is 0. The Morgan fingerprint density at radius 2 is 1.95 bits per heavy atom. The van der Waals surface area contributed by atoms with Crippen LogP contribution >= 0.6 is 0 Å². The van der Waals surface area contributed by atoms with Gasteiger partial charge in [-0.1, -0.05) is 32.4 Å². The maximum absolute atomic E-state index is 12.7. The molecule has 0 heterocycles. The van der Waals surface area contributed by atoms with E-state index < -0.39 is 17.9 Å². The molecule has 0 saturated heterocycles. The van der Waals surface area contributed by atoms with Crippen LogP contribution in [0.15, 0.2) is 30.3 Å². The van der Waals surface area contributed by atoms with Crippen molar-refractivity contribution in [1.29, 1.82) is 0 Å². The van der Waals surface area contributed by atoms with Gasteiger partial charge in [0.15, 0.2) is 0 Å². The lowest BCUT2D eigenvalue weighted by molar-refractivity contribution is -0.142. The average molecular weight is 279 g/mol. The van der Waals surface area contributed by atoms with Gasteiger partial charge in [-0.15, -0.1) is 0 Å². The lowest BCUT2D eigenvalue weighted by atomic mass is 9.99. The first kappa shape index (κ1) is 15.9. The predicted octanol–water partition coefficient (Wildman–Crippen LogP) is 2.45. The largest absolute Gasteiger partial charge is 0.480 e. The molecule has 5 heteroatoms. The van der Waals surface area contributed by atoms with Crippen molar-refractivity contribution in [2.24, 2.45) is 5.92 Å². The molecule has 20 heavy (non-hydrogen) atoms. The molecule has 0 aliphatic heterocycles. The molecule has 0 bridgehead atoms. The summed E-state index contributed by atoms with van der Waals surface area (Å²) in [6.45, 7) is 3.63. The van der Waals surface area contributed by atoms with Gasteiger partial charge in [0.2, 0.25) is 5.91 Å². The predicted molar refractivity (Wildman–Crippen MR) is 74.5 cm³/mol. The van der Waals surface area contributed by atoms with Crippen LogP contribution in [0, 0.1) is 11.7 Å². The molecule has 0 aliphatic rings. The van der Waals surface area contributed by atoms with Crippen LogP contribution in [0.5, 0.6) is 0 Å². The number of aliphatic carboxylic acids is 1. The fourth-order valence-corrected chi connectivity index (χ4v) is 1.63. The Morgan fingerprint density at radius 3 is 2.45 bits per heavy atom. The summed E-state index contributed by atoms with van der Waals surface area (Å²) in [5.74, 6) is -2.05. The van der Waals surface area contributed by atoms with Crippen molar-refractivity contribution in [2.45, 2.75) is 26.3 Å². The maximum atomic E-state index is 12.7. The van der Waals surface area contributed by atoms with Crippen molar-refractivity contribution in [1.82, 2.24) is 5.32 Å². The third kappa shape index (κ3) is 4.84. The highest BCUT2D eigenvalue weighted by molar-refractivity contribution is 5.94. The molecular formula is C15H18FNO3. The minimum Gasteiger partial charge on any atom is -0.480 e. The number of halogens is 1. The number of hydrogen-bond acceptors (Lipinski definition) is 2. The van der Waals surface area contributed by atoms with Gasteiger partial charge in [-0.2, -0.15) is 0 Å². The van der Waals surface area contributed by atoms with Gasteiger partial charge in [-0.3, -0.25) is 4.79 Å². The monoisotopic (exact) mass is 279 g/mol. The summed E-state index contributed by atoms with van der Waals surface area (Å²) in [6.07, 6.45) is 3.40. The highest BCUT2D eigenvalue weighted by Gasteiger charge is 2.24. The number of carboxylic acids is 1. The molecule has 0 spiro atoms. The molecule has 4 nitrogen and oxygen atoms in total. The molecule has 0 aliphatic carbocycles. The van der Waals surface area contributed by atoms with Gasteiger partial charge in [-0.25, -0.2) is 9.18 Å². The second-order valence-electron chi connectivity index (χ2n) is 4.59. The van der Waals surface area contributed by atoms with Gasteiger partial charge < -0.3 is 10.4 Å². The van der Waals surface area contributed by atoms with Crippen LogP contribution in [0.3, 0.4) is 0 Å². The number of benzene rings is 1. The Kier molecular flexibility index (Phi) is 5.90. The van der Waals surface area contributed by atoms with Crippen LogP contribution in [-0.2, 0) is 9.59 Å². The highest BCUT2D eigenvalue weighted by atomic mass is 19.1. The van der Waals surface area contributed by atoms with Gasteiger partial charge in [0.25, 0.3) is 0 Å². The van der Waals surface area contributed by atoms with Crippen molar-refractivity contribution in [3.63, 3.8) is 0 Å². The molecule has 1 aromatic rings. The molecule has 1 aromatic carbocycles. The zero-order valence-corrected chi connectivity index (χ0v) is 11.5. The smallest absolute Gasteiger partial charge is 0.326 e. The van der Waals surface area contributed by atoms with Crippen molar-refractivity contribution in [3.05, 3.63) is 41.7 Å². The highest BCUT2D eigenvalue weighted by Crippen LogP contribution is 2.08. The number of carboxylic acid groups (broad SMARTS) is 1. The van der Waals surface area contributed by atoms with Gasteiger partial charge in [0.05, 0.1) is 0 Å². The fourth-order valence-electron chi connectivity index (χ4n) is 1.63. The Morgan fingerprint density at radius 1 is 1.35 bits per heavy atom. The van der Waals surface area contributed by atoms with E-state index in [2.05, 4.69) is 5.32 Å². The molecule has 1 rings (SSSR count). The summed E-state index contributed by atoms with van der Waals surface area (Å²) in [6, 6.07) is 4.73. The van der Waals surface area contributed by atoms with Crippen LogP contribution in [0.2, 0.25) is 0 Å². The number of carbonyl (C=O) groups is 2. The molecule has 108 valence electrons. The normalized spacial score (nSPS) is 13.9. The number of rotatable bonds is 6. The molecule has 0 fully saturated rings. The van der Waals surface area contributed by atoms with Gasteiger partial charge >= 0.3 is 5.97 Å². The number of carbonyl (C=O) groups excluding carboxylic acids is 1. The van der Waals surface area contributed by atoms with E-state index >= 15 is 0 Å². The van der Waals surface area contributed by atoms with E-state index in [1.54, 1.807) is 6.92 Å².